The van der Waals surface area contributed by atoms with E-state index in [0.717, 1.165) is 16.3 Å². The van der Waals surface area contributed by atoms with E-state index >= 15 is 0 Å². The number of fused-ring (bicyclic) bond motifs is 1. The van der Waals surface area contributed by atoms with Crippen molar-refractivity contribution in [2.75, 3.05) is 0 Å². The van der Waals surface area contributed by atoms with Gasteiger partial charge in [0.25, 0.3) is 5.56 Å². The van der Waals surface area contributed by atoms with Crippen molar-refractivity contribution >= 4 is 10.8 Å². The predicted octanol–water partition coefficient (Wildman–Crippen LogP) is 2.29. The van der Waals surface area contributed by atoms with Crippen LogP contribution in [0.15, 0.2) is 47.5 Å². The Hall–Kier alpha value is -2.49. The molecular formula is C14H11N3O. The Bertz CT molecular complexity index is 772. The number of hydrogen-bond donors (Lipinski definition) is 1. The number of benzene rings is 1. The van der Waals surface area contributed by atoms with Crippen LogP contribution in [0.4, 0.5) is 0 Å². The second-order valence-corrected chi connectivity index (χ2v) is 4.12. The molecule has 2 aromatic heterocycles. The molecule has 1 N–H and O–H groups in total. The first kappa shape index (κ1) is 10.7. The van der Waals surface area contributed by atoms with E-state index in [1.807, 2.05) is 24.3 Å². The Kier molecular flexibility index (Phi) is 2.41. The van der Waals surface area contributed by atoms with E-state index in [1.165, 1.54) is 6.07 Å². The van der Waals surface area contributed by atoms with Crippen molar-refractivity contribution in [3.8, 4) is 11.3 Å². The van der Waals surface area contributed by atoms with Crippen LogP contribution in [-0.2, 0) is 0 Å². The SMILES string of the molecule is Cc1nc(-c2cccc3cnccc23)cc(=O)[nH]1. The van der Waals surface area contributed by atoms with E-state index in [4.69, 9.17) is 0 Å². The minimum Gasteiger partial charge on any atom is -0.311 e. The molecule has 0 saturated heterocycles. The van der Waals surface area contributed by atoms with Gasteiger partial charge in [0.05, 0.1) is 5.69 Å². The van der Waals surface area contributed by atoms with E-state index in [2.05, 4.69) is 15.0 Å². The lowest BCUT2D eigenvalue weighted by Gasteiger charge is -2.05. The summed E-state index contributed by atoms with van der Waals surface area (Å²) in [6.45, 7) is 1.78. The fraction of sp³-hybridized carbons (Fsp3) is 0.0714. The van der Waals surface area contributed by atoms with E-state index in [0.29, 0.717) is 11.5 Å². The standard InChI is InChI=1S/C14H11N3O/c1-9-16-13(7-14(18)17-9)12-4-2-3-10-8-15-6-5-11(10)12/h2-8H,1H3,(H,16,17,18). The fourth-order valence-electron chi connectivity index (χ4n) is 2.06. The first-order valence-electron chi connectivity index (χ1n) is 5.65. The van der Waals surface area contributed by atoms with Gasteiger partial charge in [-0.3, -0.25) is 9.78 Å². The molecule has 3 rings (SSSR count). The van der Waals surface area contributed by atoms with E-state index in [1.54, 1.807) is 19.3 Å². The zero-order chi connectivity index (χ0) is 12.5. The van der Waals surface area contributed by atoms with Crippen LogP contribution in [0.1, 0.15) is 5.82 Å². The summed E-state index contributed by atoms with van der Waals surface area (Å²) in [6, 6.07) is 9.35. The van der Waals surface area contributed by atoms with Gasteiger partial charge < -0.3 is 4.98 Å². The second-order valence-electron chi connectivity index (χ2n) is 4.12. The second kappa shape index (κ2) is 4.07. The fourth-order valence-corrected chi connectivity index (χ4v) is 2.06. The molecule has 0 aliphatic carbocycles. The van der Waals surface area contributed by atoms with Crippen molar-refractivity contribution < 1.29 is 0 Å². The third-order valence-corrected chi connectivity index (χ3v) is 2.82. The van der Waals surface area contributed by atoms with Crippen molar-refractivity contribution in [3.05, 3.63) is 58.9 Å². The van der Waals surface area contributed by atoms with Gasteiger partial charge in [-0.15, -0.1) is 0 Å². The molecule has 0 unspecified atom stereocenters. The first-order valence-corrected chi connectivity index (χ1v) is 5.65. The molecule has 0 atom stereocenters. The maximum atomic E-state index is 11.5. The van der Waals surface area contributed by atoms with Gasteiger partial charge in [-0.05, 0) is 18.4 Å². The van der Waals surface area contributed by atoms with Crippen LogP contribution < -0.4 is 5.56 Å². The predicted molar refractivity (Wildman–Crippen MR) is 70.3 cm³/mol. The maximum absolute atomic E-state index is 11.5. The molecule has 4 heteroatoms. The van der Waals surface area contributed by atoms with E-state index in [-0.39, 0.29) is 5.56 Å². The highest BCUT2D eigenvalue weighted by molar-refractivity contribution is 5.95. The van der Waals surface area contributed by atoms with Crippen molar-refractivity contribution in [1.82, 2.24) is 15.0 Å². The third kappa shape index (κ3) is 1.78. The quantitative estimate of drug-likeness (QED) is 0.706. The van der Waals surface area contributed by atoms with Crippen molar-refractivity contribution in [2.24, 2.45) is 0 Å². The number of H-pyrrole nitrogens is 1. The lowest BCUT2D eigenvalue weighted by atomic mass is 10.0. The van der Waals surface area contributed by atoms with Crippen LogP contribution in [-0.4, -0.2) is 15.0 Å². The zero-order valence-electron chi connectivity index (χ0n) is 9.84. The molecule has 18 heavy (non-hydrogen) atoms. The number of pyridine rings is 1. The highest BCUT2D eigenvalue weighted by atomic mass is 16.1. The summed E-state index contributed by atoms with van der Waals surface area (Å²) in [4.78, 5) is 22.6. The van der Waals surface area contributed by atoms with Gasteiger partial charge >= 0.3 is 0 Å². The average Bonchev–Trinajstić information content (AvgIpc) is 2.37. The number of aryl methyl sites for hydroxylation is 1. The summed E-state index contributed by atoms with van der Waals surface area (Å²) < 4.78 is 0. The number of hydrogen-bond acceptors (Lipinski definition) is 3. The number of nitrogens with zero attached hydrogens (tertiary/aromatic N) is 2. The van der Waals surface area contributed by atoms with Crippen LogP contribution in [0.2, 0.25) is 0 Å². The molecule has 4 nitrogen and oxygen atoms in total. The normalized spacial score (nSPS) is 10.7. The summed E-state index contributed by atoms with van der Waals surface area (Å²) >= 11 is 0. The Morgan fingerprint density at radius 1 is 1.22 bits per heavy atom. The van der Waals surface area contributed by atoms with Crippen LogP contribution in [0.25, 0.3) is 22.0 Å². The van der Waals surface area contributed by atoms with Crippen LogP contribution in [0, 0.1) is 6.92 Å². The summed E-state index contributed by atoms with van der Waals surface area (Å²) in [5.41, 5.74) is 1.50. The van der Waals surface area contributed by atoms with Gasteiger partial charge in [-0.1, -0.05) is 18.2 Å². The molecule has 88 valence electrons. The average molecular weight is 237 g/mol. The summed E-state index contributed by atoms with van der Waals surface area (Å²) in [7, 11) is 0. The molecule has 0 aliphatic rings. The molecule has 0 bridgehead atoms. The van der Waals surface area contributed by atoms with Gasteiger partial charge in [0, 0.05) is 29.4 Å². The van der Waals surface area contributed by atoms with Gasteiger partial charge in [0.1, 0.15) is 5.82 Å². The van der Waals surface area contributed by atoms with E-state index in [9.17, 15) is 4.79 Å². The van der Waals surface area contributed by atoms with Crippen molar-refractivity contribution in [3.63, 3.8) is 0 Å². The third-order valence-electron chi connectivity index (χ3n) is 2.82. The molecule has 0 amide bonds. The van der Waals surface area contributed by atoms with Crippen LogP contribution in [0.5, 0.6) is 0 Å². The summed E-state index contributed by atoms with van der Waals surface area (Å²) in [5.74, 6) is 0.614. The molecule has 0 saturated carbocycles. The van der Waals surface area contributed by atoms with Gasteiger partial charge in [-0.25, -0.2) is 4.98 Å². The topological polar surface area (TPSA) is 58.6 Å². The highest BCUT2D eigenvalue weighted by Gasteiger charge is 2.06. The lowest BCUT2D eigenvalue weighted by Crippen LogP contribution is -2.08. The first-order chi connectivity index (χ1) is 8.74. The highest BCUT2D eigenvalue weighted by Crippen LogP contribution is 2.25. The zero-order valence-corrected chi connectivity index (χ0v) is 9.84. The van der Waals surface area contributed by atoms with Gasteiger partial charge in [0.2, 0.25) is 0 Å². The minimum absolute atomic E-state index is 0.136. The number of rotatable bonds is 1. The Labute approximate surface area is 103 Å². The molecule has 0 spiro atoms. The van der Waals surface area contributed by atoms with Gasteiger partial charge in [0.15, 0.2) is 0 Å². The molecule has 2 heterocycles. The minimum atomic E-state index is -0.136. The summed E-state index contributed by atoms with van der Waals surface area (Å²) in [6.07, 6.45) is 3.55. The monoisotopic (exact) mass is 237 g/mol. The van der Waals surface area contributed by atoms with Crippen molar-refractivity contribution in [2.45, 2.75) is 6.92 Å². The molecule has 3 aromatic rings. The van der Waals surface area contributed by atoms with Gasteiger partial charge in [-0.2, -0.15) is 0 Å². The smallest absolute Gasteiger partial charge is 0.251 e. The number of nitrogens with one attached hydrogen (secondary N) is 1. The molecule has 0 fully saturated rings. The molecular weight excluding hydrogens is 226 g/mol. The van der Waals surface area contributed by atoms with Crippen LogP contribution >= 0.6 is 0 Å². The maximum Gasteiger partial charge on any atom is 0.251 e. The number of aromatic amines is 1. The number of aromatic nitrogens is 3. The molecule has 0 radical (unpaired) electrons. The Morgan fingerprint density at radius 2 is 2.11 bits per heavy atom. The lowest BCUT2D eigenvalue weighted by molar-refractivity contribution is 1.02. The van der Waals surface area contributed by atoms with E-state index < -0.39 is 0 Å². The summed E-state index contributed by atoms with van der Waals surface area (Å²) in [5, 5.41) is 2.08. The molecule has 1 aromatic carbocycles. The van der Waals surface area contributed by atoms with Crippen molar-refractivity contribution in [1.29, 1.82) is 0 Å². The van der Waals surface area contributed by atoms with Crippen LogP contribution in [0.3, 0.4) is 0 Å². The Morgan fingerprint density at radius 3 is 2.94 bits per heavy atom. The largest absolute Gasteiger partial charge is 0.311 e. The molecule has 0 aliphatic heterocycles. The Balaban J connectivity index is 2.34.